The Balaban J connectivity index is 1.62. The largest absolute Gasteiger partial charge is 0.465 e. The van der Waals surface area contributed by atoms with Crippen LogP contribution in [0.1, 0.15) is 17.6 Å². The SMILES string of the molecule is Cc1ccc([C@@H](CNc2ccc([N+](=O)[O-])c3cnccc23)N2CCOCC2)o1. The van der Waals surface area contributed by atoms with Gasteiger partial charge in [-0.25, -0.2) is 0 Å². The average molecular weight is 382 g/mol. The minimum absolute atomic E-state index is 0.0460. The lowest BCUT2D eigenvalue weighted by atomic mass is 10.1. The zero-order chi connectivity index (χ0) is 19.5. The standard InChI is InChI=1S/C20H22N4O4/c1-14-2-5-20(28-14)19(23-8-10-27-11-9-23)13-22-17-3-4-18(24(25)26)16-12-21-7-6-15(16)17/h2-7,12,19,22H,8-11,13H2,1H3/t19-/m1/s1. The number of fused-ring (bicyclic) bond motifs is 1. The second-order valence-electron chi connectivity index (χ2n) is 6.80. The molecule has 0 amide bonds. The average Bonchev–Trinajstić information content (AvgIpc) is 3.14. The minimum atomic E-state index is -0.379. The lowest BCUT2D eigenvalue weighted by Crippen LogP contribution is -2.41. The predicted molar refractivity (Wildman–Crippen MR) is 105 cm³/mol. The maximum Gasteiger partial charge on any atom is 0.278 e. The molecule has 1 N–H and O–H groups in total. The molecule has 0 unspecified atom stereocenters. The number of furan rings is 1. The van der Waals surface area contributed by atoms with Crippen LogP contribution >= 0.6 is 0 Å². The summed E-state index contributed by atoms with van der Waals surface area (Å²) in [7, 11) is 0. The van der Waals surface area contributed by atoms with E-state index < -0.39 is 0 Å². The van der Waals surface area contributed by atoms with E-state index in [2.05, 4.69) is 15.2 Å². The molecular formula is C20H22N4O4. The molecule has 1 aliphatic rings. The zero-order valence-electron chi connectivity index (χ0n) is 15.6. The lowest BCUT2D eigenvalue weighted by Gasteiger charge is -2.33. The molecule has 8 nitrogen and oxygen atoms in total. The summed E-state index contributed by atoms with van der Waals surface area (Å²) in [6, 6.07) is 9.10. The van der Waals surface area contributed by atoms with Crippen LogP contribution in [0.25, 0.3) is 10.8 Å². The third kappa shape index (κ3) is 3.69. The zero-order valence-corrected chi connectivity index (χ0v) is 15.6. The Hall–Kier alpha value is -2.97. The van der Waals surface area contributed by atoms with Gasteiger partial charge in [-0.3, -0.25) is 20.0 Å². The van der Waals surface area contributed by atoms with Crippen LogP contribution in [0, 0.1) is 17.0 Å². The number of non-ortho nitro benzene ring substituents is 1. The third-order valence-corrected chi connectivity index (χ3v) is 5.05. The van der Waals surface area contributed by atoms with Crippen LogP contribution in [0.4, 0.5) is 11.4 Å². The van der Waals surface area contributed by atoms with Crippen LogP contribution < -0.4 is 5.32 Å². The lowest BCUT2D eigenvalue weighted by molar-refractivity contribution is -0.383. The van der Waals surface area contributed by atoms with Crippen molar-refractivity contribution in [2.75, 3.05) is 38.2 Å². The summed E-state index contributed by atoms with van der Waals surface area (Å²) in [6.07, 6.45) is 3.18. The van der Waals surface area contributed by atoms with Crippen LogP contribution in [0.3, 0.4) is 0 Å². The molecule has 1 aliphatic heterocycles. The van der Waals surface area contributed by atoms with Crippen LogP contribution in [0.2, 0.25) is 0 Å². The highest BCUT2D eigenvalue weighted by molar-refractivity contribution is 5.99. The number of aryl methyl sites for hydroxylation is 1. The Labute approximate surface area is 162 Å². The number of pyridine rings is 1. The first-order valence-electron chi connectivity index (χ1n) is 9.26. The number of benzene rings is 1. The van der Waals surface area contributed by atoms with E-state index in [9.17, 15) is 10.1 Å². The number of nitrogens with one attached hydrogen (secondary N) is 1. The Morgan fingerprint density at radius 3 is 2.75 bits per heavy atom. The van der Waals surface area contributed by atoms with Gasteiger partial charge >= 0.3 is 0 Å². The maximum atomic E-state index is 11.3. The van der Waals surface area contributed by atoms with Gasteiger partial charge in [0, 0.05) is 49.2 Å². The van der Waals surface area contributed by atoms with Gasteiger partial charge in [0.2, 0.25) is 0 Å². The molecule has 3 aromatic rings. The summed E-state index contributed by atoms with van der Waals surface area (Å²) in [5, 5.41) is 16.1. The van der Waals surface area contributed by atoms with Crippen molar-refractivity contribution < 1.29 is 14.1 Å². The molecule has 8 heteroatoms. The number of nitro benzene ring substituents is 1. The molecule has 0 aliphatic carbocycles. The van der Waals surface area contributed by atoms with Gasteiger partial charge in [-0.1, -0.05) is 0 Å². The van der Waals surface area contributed by atoms with Crippen molar-refractivity contribution in [2.45, 2.75) is 13.0 Å². The van der Waals surface area contributed by atoms with E-state index in [0.717, 1.165) is 35.7 Å². The molecule has 0 radical (unpaired) electrons. The number of rotatable bonds is 6. The Kier molecular flexibility index (Phi) is 5.23. The van der Waals surface area contributed by atoms with Crippen LogP contribution in [-0.2, 0) is 4.74 Å². The summed E-state index contributed by atoms with van der Waals surface area (Å²) in [6.45, 7) is 5.60. The number of nitrogens with zero attached hydrogens (tertiary/aromatic N) is 3. The number of hydrogen-bond donors (Lipinski definition) is 1. The number of aromatic nitrogens is 1. The van der Waals surface area contributed by atoms with Gasteiger partial charge in [0.15, 0.2) is 0 Å². The molecule has 4 rings (SSSR count). The molecule has 1 fully saturated rings. The molecule has 0 bridgehead atoms. The number of ether oxygens (including phenoxy) is 1. The normalized spacial score (nSPS) is 16.2. The summed E-state index contributed by atoms with van der Waals surface area (Å²) >= 11 is 0. The van der Waals surface area contributed by atoms with Crippen LogP contribution in [0.15, 0.2) is 47.1 Å². The van der Waals surface area contributed by atoms with E-state index in [-0.39, 0.29) is 16.7 Å². The van der Waals surface area contributed by atoms with Crippen molar-refractivity contribution in [3.05, 3.63) is 64.4 Å². The molecule has 0 saturated carbocycles. The first kappa shape index (κ1) is 18.4. The summed E-state index contributed by atoms with van der Waals surface area (Å²) in [5.41, 5.74) is 0.893. The van der Waals surface area contributed by atoms with E-state index in [1.165, 1.54) is 12.3 Å². The second kappa shape index (κ2) is 7.95. The van der Waals surface area contributed by atoms with Crippen molar-refractivity contribution >= 4 is 22.1 Å². The van der Waals surface area contributed by atoms with Crippen LogP contribution in [0.5, 0.6) is 0 Å². The van der Waals surface area contributed by atoms with E-state index in [1.807, 2.05) is 19.1 Å². The second-order valence-corrected chi connectivity index (χ2v) is 6.80. The quantitative estimate of drug-likeness (QED) is 0.515. The monoisotopic (exact) mass is 382 g/mol. The van der Waals surface area contributed by atoms with Crippen molar-refractivity contribution in [1.29, 1.82) is 0 Å². The van der Waals surface area contributed by atoms with E-state index in [1.54, 1.807) is 18.3 Å². The first-order valence-corrected chi connectivity index (χ1v) is 9.26. The smallest absolute Gasteiger partial charge is 0.278 e. The van der Waals surface area contributed by atoms with Gasteiger partial charge in [-0.2, -0.15) is 0 Å². The molecule has 1 saturated heterocycles. The van der Waals surface area contributed by atoms with Gasteiger partial charge in [-0.15, -0.1) is 0 Å². The van der Waals surface area contributed by atoms with Crippen molar-refractivity contribution in [1.82, 2.24) is 9.88 Å². The van der Waals surface area contributed by atoms with Gasteiger partial charge in [0.1, 0.15) is 11.5 Å². The first-order chi connectivity index (χ1) is 13.6. The number of morpholine rings is 1. The fraction of sp³-hybridized carbons (Fsp3) is 0.350. The Morgan fingerprint density at radius 2 is 2.04 bits per heavy atom. The predicted octanol–water partition coefficient (Wildman–Crippen LogP) is 3.53. The fourth-order valence-corrected chi connectivity index (χ4v) is 3.63. The Bertz CT molecular complexity index is 981. The molecule has 1 atom stereocenters. The molecular weight excluding hydrogens is 360 g/mol. The van der Waals surface area contributed by atoms with E-state index >= 15 is 0 Å². The van der Waals surface area contributed by atoms with Crippen molar-refractivity contribution in [3.8, 4) is 0 Å². The van der Waals surface area contributed by atoms with Gasteiger partial charge < -0.3 is 14.5 Å². The highest BCUT2D eigenvalue weighted by atomic mass is 16.6. The maximum absolute atomic E-state index is 11.3. The summed E-state index contributed by atoms with van der Waals surface area (Å²) < 4.78 is 11.4. The molecule has 1 aromatic carbocycles. The molecule has 3 heterocycles. The van der Waals surface area contributed by atoms with E-state index in [0.29, 0.717) is 25.1 Å². The summed E-state index contributed by atoms with van der Waals surface area (Å²) in [5.74, 6) is 1.78. The number of hydrogen-bond acceptors (Lipinski definition) is 7. The fourth-order valence-electron chi connectivity index (χ4n) is 3.63. The molecule has 0 spiro atoms. The van der Waals surface area contributed by atoms with Crippen LogP contribution in [-0.4, -0.2) is 47.7 Å². The van der Waals surface area contributed by atoms with Crippen molar-refractivity contribution in [3.63, 3.8) is 0 Å². The minimum Gasteiger partial charge on any atom is -0.465 e. The van der Waals surface area contributed by atoms with E-state index in [4.69, 9.17) is 9.15 Å². The topological polar surface area (TPSA) is 93.7 Å². The third-order valence-electron chi connectivity index (χ3n) is 5.05. The highest BCUT2D eigenvalue weighted by Crippen LogP contribution is 2.32. The molecule has 146 valence electrons. The van der Waals surface area contributed by atoms with Gasteiger partial charge in [-0.05, 0) is 31.2 Å². The summed E-state index contributed by atoms with van der Waals surface area (Å²) in [4.78, 5) is 17.3. The Morgan fingerprint density at radius 1 is 1.21 bits per heavy atom. The molecule has 28 heavy (non-hydrogen) atoms. The number of anilines is 1. The van der Waals surface area contributed by atoms with Gasteiger partial charge in [0.05, 0.1) is 29.6 Å². The number of nitro groups is 1. The van der Waals surface area contributed by atoms with Crippen molar-refractivity contribution in [2.24, 2.45) is 0 Å². The van der Waals surface area contributed by atoms with Gasteiger partial charge in [0.25, 0.3) is 5.69 Å². The highest BCUT2D eigenvalue weighted by Gasteiger charge is 2.25. The molecule has 2 aromatic heterocycles.